The first-order chi connectivity index (χ1) is 13.3. The van der Waals surface area contributed by atoms with Crippen molar-refractivity contribution in [3.63, 3.8) is 0 Å². The van der Waals surface area contributed by atoms with E-state index in [1.807, 2.05) is 12.1 Å². The molecule has 2 aromatic rings. The van der Waals surface area contributed by atoms with Gasteiger partial charge in [-0.1, -0.05) is 38.1 Å². The van der Waals surface area contributed by atoms with Crippen LogP contribution < -0.4 is 4.74 Å². The minimum absolute atomic E-state index is 0.0282. The average molecular weight is 403 g/mol. The topological polar surface area (TPSA) is 90.0 Å². The number of hydrogen-bond donors (Lipinski definition) is 0. The third-order valence-electron chi connectivity index (χ3n) is 4.37. The number of hydrogen-bond acceptors (Lipinski definition) is 6. The molecule has 0 N–H and O–H groups in total. The monoisotopic (exact) mass is 403 g/mol. The van der Waals surface area contributed by atoms with E-state index in [9.17, 15) is 18.0 Å². The lowest BCUT2D eigenvalue weighted by Crippen LogP contribution is -2.34. The Hall–Kier alpha value is -2.87. The Morgan fingerprint density at radius 3 is 2.39 bits per heavy atom. The molecule has 3 rings (SSSR count). The maximum atomic E-state index is 12.4. The minimum atomic E-state index is -3.90. The van der Waals surface area contributed by atoms with Crippen molar-refractivity contribution in [2.24, 2.45) is 0 Å². The van der Waals surface area contributed by atoms with E-state index in [0.29, 0.717) is 11.7 Å². The number of fused-ring (bicyclic) bond motifs is 1. The molecule has 7 nitrogen and oxygen atoms in total. The first-order valence-electron chi connectivity index (χ1n) is 8.85. The summed E-state index contributed by atoms with van der Waals surface area (Å²) in [5.74, 6) is -0.327. The van der Waals surface area contributed by atoms with Crippen molar-refractivity contribution in [2.75, 3.05) is 19.8 Å². The van der Waals surface area contributed by atoms with Crippen LogP contribution in [0.25, 0.3) is 0 Å². The lowest BCUT2D eigenvalue weighted by molar-refractivity contribution is -0.146. The highest BCUT2D eigenvalue weighted by molar-refractivity contribution is 7.90. The highest BCUT2D eigenvalue weighted by atomic mass is 32.2. The first kappa shape index (κ1) is 19.9. The Kier molecular flexibility index (Phi) is 5.69. The molecule has 0 saturated carbocycles. The van der Waals surface area contributed by atoms with Gasteiger partial charge in [0, 0.05) is 0 Å². The molecule has 148 valence electrons. The van der Waals surface area contributed by atoms with Crippen molar-refractivity contribution < 1.29 is 27.5 Å². The van der Waals surface area contributed by atoms with Crippen molar-refractivity contribution in [3.05, 3.63) is 59.7 Å². The number of carbonyl (C=O) groups excluding carboxylic acids is 2. The lowest BCUT2D eigenvalue weighted by atomic mass is 10.0. The van der Waals surface area contributed by atoms with Crippen molar-refractivity contribution in [3.8, 4) is 5.75 Å². The van der Waals surface area contributed by atoms with E-state index < -0.39 is 21.9 Å². The molecule has 0 aliphatic carbocycles. The van der Waals surface area contributed by atoms with Gasteiger partial charge >= 0.3 is 5.97 Å². The van der Waals surface area contributed by atoms with E-state index in [1.54, 1.807) is 24.3 Å². The van der Waals surface area contributed by atoms with Crippen LogP contribution in [0.5, 0.6) is 5.75 Å². The molecule has 1 amide bonds. The number of sulfonamides is 1. The Balaban J connectivity index is 1.49. The van der Waals surface area contributed by atoms with Gasteiger partial charge in [-0.25, -0.2) is 17.5 Å². The van der Waals surface area contributed by atoms with Gasteiger partial charge in [0.15, 0.2) is 6.61 Å². The molecule has 0 atom stereocenters. The summed E-state index contributed by atoms with van der Waals surface area (Å²) in [6.07, 6.45) is 0. The zero-order valence-corrected chi connectivity index (χ0v) is 16.4. The fourth-order valence-corrected chi connectivity index (χ4v) is 4.38. The van der Waals surface area contributed by atoms with Gasteiger partial charge in [0.2, 0.25) is 0 Å². The van der Waals surface area contributed by atoms with Gasteiger partial charge in [-0.15, -0.1) is 0 Å². The second-order valence-corrected chi connectivity index (χ2v) is 8.44. The fourth-order valence-electron chi connectivity index (χ4n) is 2.83. The summed E-state index contributed by atoms with van der Waals surface area (Å²) in [6, 6.07) is 13.4. The van der Waals surface area contributed by atoms with Crippen LogP contribution in [0.2, 0.25) is 0 Å². The standard InChI is InChI=1S/C20H21NO6S/c1-14(2)15-7-9-16(10-8-15)27-13-19(22)26-12-11-21-20(23)17-5-3-4-6-18(17)28(21,24)25/h3-10,14H,11-13H2,1-2H3. The zero-order chi connectivity index (χ0) is 20.3. The molecule has 0 spiro atoms. The minimum Gasteiger partial charge on any atom is -0.482 e. The molecule has 8 heteroatoms. The molecule has 28 heavy (non-hydrogen) atoms. The van der Waals surface area contributed by atoms with Crippen LogP contribution in [0, 0.1) is 0 Å². The van der Waals surface area contributed by atoms with Gasteiger partial charge in [0.05, 0.1) is 12.1 Å². The normalized spacial score (nSPS) is 14.8. The van der Waals surface area contributed by atoms with E-state index >= 15 is 0 Å². The summed E-state index contributed by atoms with van der Waals surface area (Å²) in [7, 11) is -3.90. The number of carbonyl (C=O) groups is 2. The second-order valence-electron chi connectivity index (χ2n) is 6.61. The van der Waals surface area contributed by atoms with Crippen LogP contribution in [0.15, 0.2) is 53.4 Å². The highest BCUT2D eigenvalue weighted by Gasteiger charge is 2.40. The Bertz CT molecular complexity index is 982. The maximum Gasteiger partial charge on any atom is 0.344 e. The second kappa shape index (κ2) is 8.02. The molecule has 0 bridgehead atoms. The van der Waals surface area contributed by atoms with Gasteiger partial charge < -0.3 is 9.47 Å². The number of ether oxygens (including phenoxy) is 2. The summed E-state index contributed by atoms with van der Waals surface area (Å²) in [6.45, 7) is 3.37. The van der Waals surface area contributed by atoms with Gasteiger partial charge in [0.1, 0.15) is 17.3 Å². The van der Waals surface area contributed by atoms with E-state index in [-0.39, 0.29) is 30.2 Å². The van der Waals surface area contributed by atoms with Crippen LogP contribution in [0.4, 0.5) is 0 Å². The number of benzene rings is 2. The summed E-state index contributed by atoms with van der Waals surface area (Å²) in [5.41, 5.74) is 1.29. The smallest absolute Gasteiger partial charge is 0.344 e. The van der Waals surface area contributed by atoms with Crippen molar-refractivity contribution in [2.45, 2.75) is 24.7 Å². The molecule has 0 fully saturated rings. The highest BCUT2D eigenvalue weighted by Crippen LogP contribution is 2.29. The van der Waals surface area contributed by atoms with E-state index in [2.05, 4.69) is 13.8 Å². The molecule has 1 heterocycles. The van der Waals surface area contributed by atoms with Crippen LogP contribution in [0.3, 0.4) is 0 Å². The average Bonchev–Trinajstić information content (AvgIpc) is 2.87. The molecule has 0 radical (unpaired) electrons. The van der Waals surface area contributed by atoms with E-state index in [1.165, 1.54) is 12.1 Å². The van der Waals surface area contributed by atoms with Gasteiger partial charge in [-0.05, 0) is 35.7 Å². The predicted molar refractivity (Wildman–Crippen MR) is 102 cm³/mol. The van der Waals surface area contributed by atoms with E-state index in [4.69, 9.17) is 9.47 Å². The number of rotatable bonds is 7. The third-order valence-corrected chi connectivity index (χ3v) is 6.21. The van der Waals surface area contributed by atoms with Crippen molar-refractivity contribution in [1.29, 1.82) is 0 Å². The molecule has 0 saturated heterocycles. The van der Waals surface area contributed by atoms with Crippen LogP contribution in [0.1, 0.15) is 35.7 Å². The van der Waals surface area contributed by atoms with E-state index in [0.717, 1.165) is 9.87 Å². The predicted octanol–water partition coefficient (Wildman–Crippen LogP) is 2.58. The summed E-state index contributed by atoms with van der Waals surface area (Å²) >= 11 is 0. The number of nitrogens with zero attached hydrogens (tertiary/aromatic N) is 1. The lowest BCUT2D eigenvalue weighted by Gasteiger charge is -2.15. The zero-order valence-electron chi connectivity index (χ0n) is 15.6. The van der Waals surface area contributed by atoms with Gasteiger partial charge in [-0.3, -0.25) is 4.79 Å². The van der Waals surface area contributed by atoms with Gasteiger partial charge in [-0.2, -0.15) is 0 Å². The first-order valence-corrected chi connectivity index (χ1v) is 10.3. The maximum absolute atomic E-state index is 12.4. The Morgan fingerprint density at radius 1 is 1.07 bits per heavy atom. The molecule has 0 aromatic heterocycles. The summed E-state index contributed by atoms with van der Waals surface area (Å²) < 4.78 is 35.9. The Labute approximate surface area is 163 Å². The molecular formula is C20H21NO6S. The molecule has 1 aliphatic rings. The molecule has 0 unspecified atom stereocenters. The van der Waals surface area contributed by atoms with Gasteiger partial charge in [0.25, 0.3) is 15.9 Å². The quantitative estimate of drug-likeness (QED) is 0.660. The summed E-state index contributed by atoms with van der Waals surface area (Å²) in [5, 5.41) is 0. The summed E-state index contributed by atoms with van der Waals surface area (Å²) in [4.78, 5) is 24.1. The van der Waals surface area contributed by atoms with Crippen LogP contribution in [-0.2, 0) is 19.6 Å². The fraction of sp³-hybridized carbons (Fsp3) is 0.300. The SMILES string of the molecule is CC(C)c1ccc(OCC(=O)OCCN2C(=O)c3ccccc3S2(=O)=O)cc1. The number of amides is 1. The third kappa shape index (κ3) is 4.01. The molecule has 1 aliphatic heterocycles. The molecule has 2 aromatic carbocycles. The largest absolute Gasteiger partial charge is 0.482 e. The van der Waals surface area contributed by atoms with Crippen LogP contribution in [-0.4, -0.2) is 44.4 Å². The number of esters is 1. The van der Waals surface area contributed by atoms with Crippen molar-refractivity contribution >= 4 is 21.9 Å². The Morgan fingerprint density at radius 2 is 1.75 bits per heavy atom. The van der Waals surface area contributed by atoms with Crippen molar-refractivity contribution in [1.82, 2.24) is 4.31 Å². The van der Waals surface area contributed by atoms with Crippen LogP contribution >= 0.6 is 0 Å². The molecular weight excluding hydrogens is 382 g/mol.